The summed E-state index contributed by atoms with van der Waals surface area (Å²) >= 11 is 0. The number of nitrogens with one attached hydrogen (secondary N) is 1. The maximum atomic E-state index is 13.3. The van der Waals surface area contributed by atoms with Crippen LogP contribution < -0.4 is 15.0 Å². The number of amides is 1. The lowest BCUT2D eigenvalue weighted by atomic mass is 10.1. The van der Waals surface area contributed by atoms with Gasteiger partial charge in [0.2, 0.25) is 10.0 Å². The van der Waals surface area contributed by atoms with Crippen molar-refractivity contribution in [1.29, 1.82) is 0 Å². The highest BCUT2D eigenvalue weighted by Crippen LogP contribution is 2.31. The first kappa shape index (κ1) is 23.5. The molecule has 0 spiro atoms. The Bertz CT molecular complexity index is 1060. The number of benzene rings is 2. The Morgan fingerprint density at radius 1 is 1.00 bits per heavy atom. The molecule has 2 aromatic carbocycles. The summed E-state index contributed by atoms with van der Waals surface area (Å²) in [7, 11) is -3.71. The largest absolute Gasteiger partial charge is 0.492 e. The average Bonchev–Trinajstić information content (AvgIpc) is 2.86. The van der Waals surface area contributed by atoms with Crippen LogP contribution in [0.25, 0.3) is 0 Å². The van der Waals surface area contributed by atoms with Gasteiger partial charge in [0.15, 0.2) is 0 Å². The van der Waals surface area contributed by atoms with E-state index in [1.807, 2.05) is 19.1 Å². The third-order valence-electron chi connectivity index (χ3n) is 5.94. The van der Waals surface area contributed by atoms with Gasteiger partial charge in [-0.25, -0.2) is 8.42 Å². The zero-order valence-corrected chi connectivity index (χ0v) is 19.8. The predicted molar refractivity (Wildman–Crippen MR) is 128 cm³/mol. The van der Waals surface area contributed by atoms with E-state index >= 15 is 0 Å². The molecule has 0 atom stereocenters. The molecule has 0 unspecified atom stereocenters. The molecular formula is C24H31N3O5S. The van der Waals surface area contributed by atoms with Gasteiger partial charge in [0.25, 0.3) is 5.91 Å². The first-order chi connectivity index (χ1) is 16.0. The molecule has 1 N–H and O–H groups in total. The lowest BCUT2D eigenvalue weighted by Crippen LogP contribution is -2.36. The van der Waals surface area contributed by atoms with E-state index < -0.39 is 10.0 Å². The Morgan fingerprint density at radius 2 is 1.70 bits per heavy atom. The van der Waals surface area contributed by atoms with Gasteiger partial charge >= 0.3 is 0 Å². The number of sulfonamides is 1. The van der Waals surface area contributed by atoms with Crippen molar-refractivity contribution in [3.63, 3.8) is 0 Å². The van der Waals surface area contributed by atoms with E-state index in [4.69, 9.17) is 9.47 Å². The molecule has 0 radical (unpaired) electrons. The smallest absolute Gasteiger partial charge is 0.255 e. The number of hydrogen-bond acceptors (Lipinski definition) is 6. The molecule has 2 aliphatic heterocycles. The molecule has 2 aliphatic rings. The molecule has 0 bridgehead atoms. The van der Waals surface area contributed by atoms with Gasteiger partial charge in [-0.1, -0.05) is 6.42 Å². The van der Waals surface area contributed by atoms with Crippen LogP contribution in [0.4, 0.5) is 11.4 Å². The fourth-order valence-electron chi connectivity index (χ4n) is 4.15. The van der Waals surface area contributed by atoms with Crippen LogP contribution >= 0.6 is 0 Å². The van der Waals surface area contributed by atoms with Gasteiger partial charge in [0.05, 0.1) is 19.8 Å². The SMILES string of the molecule is CCOc1ccc(NC(=O)c2ccc(N3CCOCC3)cc2)cc1S(=O)(=O)N1CCCCC1. The van der Waals surface area contributed by atoms with Crippen LogP contribution in [0.1, 0.15) is 36.5 Å². The maximum Gasteiger partial charge on any atom is 0.255 e. The summed E-state index contributed by atoms with van der Waals surface area (Å²) in [5, 5.41) is 2.83. The third kappa shape index (κ3) is 5.48. The summed E-state index contributed by atoms with van der Waals surface area (Å²) in [5.74, 6) is 0.00458. The summed E-state index contributed by atoms with van der Waals surface area (Å²) in [4.78, 5) is 15.1. The molecular weight excluding hydrogens is 442 g/mol. The molecule has 2 aromatic rings. The van der Waals surface area contributed by atoms with Gasteiger partial charge in [-0.15, -0.1) is 0 Å². The molecule has 8 nitrogen and oxygen atoms in total. The first-order valence-electron chi connectivity index (χ1n) is 11.5. The van der Waals surface area contributed by atoms with Crippen LogP contribution in [0.5, 0.6) is 5.75 Å². The van der Waals surface area contributed by atoms with Crippen LogP contribution in [-0.2, 0) is 14.8 Å². The number of nitrogens with zero attached hydrogens (tertiary/aromatic N) is 2. The monoisotopic (exact) mass is 473 g/mol. The molecule has 0 aromatic heterocycles. The third-order valence-corrected chi connectivity index (χ3v) is 7.86. The van der Waals surface area contributed by atoms with E-state index in [9.17, 15) is 13.2 Å². The Labute approximate surface area is 195 Å². The van der Waals surface area contributed by atoms with E-state index in [1.54, 1.807) is 24.3 Å². The maximum absolute atomic E-state index is 13.3. The fraction of sp³-hybridized carbons (Fsp3) is 0.458. The summed E-state index contributed by atoms with van der Waals surface area (Å²) in [6.07, 6.45) is 2.73. The van der Waals surface area contributed by atoms with Crippen molar-refractivity contribution in [3.8, 4) is 5.75 Å². The van der Waals surface area contributed by atoms with Crippen molar-refractivity contribution in [2.75, 3.05) is 56.2 Å². The summed E-state index contributed by atoms with van der Waals surface area (Å²) in [6.45, 7) is 6.21. The Hall–Kier alpha value is -2.62. The number of rotatable bonds is 7. The lowest BCUT2D eigenvalue weighted by Gasteiger charge is -2.28. The summed E-state index contributed by atoms with van der Waals surface area (Å²) in [6, 6.07) is 12.2. The lowest BCUT2D eigenvalue weighted by molar-refractivity contribution is 0.102. The quantitative estimate of drug-likeness (QED) is 0.664. The minimum absolute atomic E-state index is 0.0896. The van der Waals surface area contributed by atoms with E-state index in [1.165, 1.54) is 10.4 Å². The van der Waals surface area contributed by atoms with Crippen LogP contribution in [0, 0.1) is 0 Å². The molecule has 0 aliphatic carbocycles. The number of piperidine rings is 1. The van der Waals surface area contributed by atoms with Crippen molar-refractivity contribution in [2.45, 2.75) is 31.1 Å². The normalized spacial score (nSPS) is 17.5. The molecule has 9 heteroatoms. The second-order valence-corrected chi connectivity index (χ2v) is 10.1. The van der Waals surface area contributed by atoms with E-state index in [0.29, 0.717) is 49.9 Å². The van der Waals surface area contributed by atoms with Gasteiger partial charge in [0.1, 0.15) is 10.6 Å². The summed E-state index contributed by atoms with van der Waals surface area (Å²) < 4.78 is 39.1. The highest BCUT2D eigenvalue weighted by Gasteiger charge is 2.29. The van der Waals surface area contributed by atoms with Crippen molar-refractivity contribution < 1.29 is 22.7 Å². The number of carbonyl (C=O) groups is 1. The number of anilines is 2. The molecule has 4 rings (SSSR count). The Balaban J connectivity index is 1.52. The average molecular weight is 474 g/mol. The second kappa shape index (κ2) is 10.5. The number of ether oxygens (including phenoxy) is 2. The van der Waals surface area contributed by atoms with E-state index in [-0.39, 0.29) is 10.8 Å². The van der Waals surface area contributed by atoms with Crippen molar-refractivity contribution >= 4 is 27.3 Å². The number of morpholine rings is 1. The summed E-state index contributed by atoms with van der Waals surface area (Å²) in [5.41, 5.74) is 1.96. The van der Waals surface area contributed by atoms with Crippen molar-refractivity contribution in [3.05, 3.63) is 48.0 Å². The molecule has 1 amide bonds. The molecule has 2 heterocycles. The molecule has 178 valence electrons. The second-order valence-electron chi connectivity index (χ2n) is 8.16. The van der Waals surface area contributed by atoms with Gasteiger partial charge < -0.3 is 19.7 Å². The highest BCUT2D eigenvalue weighted by molar-refractivity contribution is 7.89. The standard InChI is InChI=1S/C24H31N3O5S/c1-2-32-22-11-8-20(18-23(22)33(29,30)27-12-4-3-5-13-27)25-24(28)19-6-9-21(10-7-19)26-14-16-31-17-15-26/h6-11,18H,2-5,12-17H2,1H3,(H,25,28). The predicted octanol–water partition coefficient (Wildman–Crippen LogP) is 3.35. The fourth-order valence-corrected chi connectivity index (χ4v) is 5.83. The van der Waals surface area contributed by atoms with E-state index in [0.717, 1.165) is 38.0 Å². The van der Waals surface area contributed by atoms with Crippen LogP contribution in [0.3, 0.4) is 0 Å². The van der Waals surface area contributed by atoms with E-state index in [2.05, 4.69) is 10.2 Å². The highest BCUT2D eigenvalue weighted by atomic mass is 32.2. The van der Waals surface area contributed by atoms with Gasteiger partial charge in [-0.3, -0.25) is 4.79 Å². The van der Waals surface area contributed by atoms with Crippen LogP contribution in [0.15, 0.2) is 47.4 Å². The molecule has 33 heavy (non-hydrogen) atoms. The van der Waals surface area contributed by atoms with Crippen molar-refractivity contribution in [2.24, 2.45) is 0 Å². The van der Waals surface area contributed by atoms with Crippen LogP contribution in [-0.4, -0.2) is 64.6 Å². The Kier molecular flexibility index (Phi) is 7.52. The number of carbonyl (C=O) groups excluding carboxylic acids is 1. The zero-order chi connectivity index (χ0) is 23.3. The number of hydrogen-bond donors (Lipinski definition) is 1. The minimum Gasteiger partial charge on any atom is -0.492 e. The van der Waals surface area contributed by atoms with Gasteiger partial charge in [-0.05, 0) is 62.2 Å². The minimum atomic E-state index is -3.71. The van der Waals surface area contributed by atoms with Gasteiger partial charge in [0, 0.05) is 43.1 Å². The Morgan fingerprint density at radius 3 is 2.36 bits per heavy atom. The van der Waals surface area contributed by atoms with Crippen molar-refractivity contribution in [1.82, 2.24) is 4.31 Å². The first-order valence-corrected chi connectivity index (χ1v) is 12.9. The molecule has 2 saturated heterocycles. The molecule has 0 saturated carbocycles. The van der Waals surface area contributed by atoms with Crippen LogP contribution in [0.2, 0.25) is 0 Å². The topological polar surface area (TPSA) is 88.2 Å². The zero-order valence-electron chi connectivity index (χ0n) is 19.0. The van der Waals surface area contributed by atoms with Gasteiger partial charge in [-0.2, -0.15) is 4.31 Å². The molecule has 2 fully saturated rings.